The van der Waals surface area contributed by atoms with Crippen molar-refractivity contribution in [3.8, 4) is 0 Å². The third-order valence-corrected chi connectivity index (χ3v) is 5.63. The van der Waals surface area contributed by atoms with Crippen LogP contribution < -0.4 is 21.7 Å². The van der Waals surface area contributed by atoms with E-state index in [2.05, 4.69) is 20.9 Å². The molecule has 0 aromatic heterocycles. The number of para-hydroxylation sites is 1. The Balaban J connectivity index is 1.57. The van der Waals surface area contributed by atoms with Gasteiger partial charge in [-0.05, 0) is 49.9 Å². The molecule has 1 heterocycles. The van der Waals surface area contributed by atoms with E-state index in [4.69, 9.17) is 5.73 Å². The molecule has 8 nitrogen and oxygen atoms in total. The minimum Gasteiger partial charge on any atom is -0.352 e. The van der Waals surface area contributed by atoms with E-state index in [9.17, 15) is 14.4 Å². The van der Waals surface area contributed by atoms with Gasteiger partial charge in [-0.1, -0.05) is 42.5 Å². The monoisotopic (exact) mass is 437 g/mol. The zero-order valence-electron chi connectivity index (χ0n) is 18.3. The number of carbonyl (C=O) groups excluding carboxylic acids is 3. The summed E-state index contributed by atoms with van der Waals surface area (Å²) in [6, 6.07) is 16.0. The number of carbonyl (C=O) groups is 3. The zero-order chi connectivity index (χ0) is 22.9. The molecule has 2 aromatic carbocycles. The third kappa shape index (κ3) is 6.81. The Morgan fingerprint density at radius 1 is 1.09 bits per heavy atom. The van der Waals surface area contributed by atoms with E-state index in [1.54, 1.807) is 24.3 Å². The molecule has 1 saturated heterocycles. The Kier molecular flexibility index (Phi) is 8.21. The molecular formula is C24H31N5O3. The van der Waals surface area contributed by atoms with Gasteiger partial charge in [0, 0.05) is 13.1 Å². The second-order valence-electron chi connectivity index (χ2n) is 8.19. The number of hydrogen-bond donors (Lipinski definition) is 4. The number of anilines is 1. The molecule has 2 atom stereocenters. The van der Waals surface area contributed by atoms with Crippen LogP contribution in [0.2, 0.25) is 0 Å². The first-order valence-electron chi connectivity index (χ1n) is 10.9. The summed E-state index contributed by atoms with van der Waals surface area (Å²) in [5.74, 6) is -0.153. The summed E-state index contributed by atoms with van der Waals surface area (Å²) in [6.07, 6.45) is 1.94. The van der Waals surface area contributed by atoms with Crippen LogP contribution in [0.25, 0.3) is 0 Å². The highest BCUT2D eigenvalue weighted by atomic mass is 16.2. The van der Waals surface area contributed by atoms with Crippen molar-refractivity contribution in [2.75, 3.05) is 31.5 Å². The standard InChI is InChI=1S/C24H31N5O3/c1-17(19-9-3-2-4-10-19)27-23(31)20-11-5-6-12-21(20)28-22(30)16-29-13-7-8-18(15-29)14-26-24(25)32/h2-6,9-12,17-18H,7-8,13-16H2,1H3,(H,27,31)(H,28,30)(H3,25,26,32)/t17-,18+/m0/s1. The molecular weight excluding hydrogens is 406 g/mol. The smallest absolute Gasteiger partial charge is 0.312 e. The first-order chi connectivity index (χ1) is 15.4. The van der Waals surface area contributed by atoms with Crippen LogP contribution in [-0.4, -0.2) is 48.9 Å². The Labute approximate surface area is 188 Å². The van der Waals surface area contributed by atoms with Gasteiger partial charge in [-0.2, -0.15) is 0 Å². The highest BCUT2D eigenvalue weighted by molar-refractivity contribution is 6.04. The quantitative estimate of drug-likeness (QED) is 0.508. The summed E-state index contributed by atoms with van der Waals surface area (Å²) >= 11 is 0. The number of piperidine rings is 1. The number of likely N-dealkylation sites (tertiary alicyclic amines) is 1. The number of nitrogens with one attached hydrogen (secondary N) is 3. The van der Waals surface area contributed by atoms with Gasteiger partial charge in [-0.25, -0.2) is 4.79 Å². The van der Waals surface area contributed by atoms with Crippen molar-refractivity contribution in [3.63, 3.8) is 0 Å². The predicted octanol–water partition coefficient (Wildman–Crippen LogP) is 2.50. The van der Waals surface area contributed by atoms with Crippen LogP contribution in [0.5, 0.6) is 0 Å². The first kappa shape index (κ1) is 23.3. The Morgan fingerprint density at radius 2 is 1.81 bits per heavy atom. The minimum atomic E-state index is -0.531. The molecule has 2 aromatic rings. The number of nitrogens with zero attached hydrogens (tertiary/aromatic N) is 1. The molecule has 8 heteroatoms. The van der Waals surface area contributed by atoms with Crippen LogP contribution in [0.1, 0.15) is 41.7 Å². The summed E-state index contributed by atoms with van der Waals surface area (Å²) in [5, 5.41) is 8.52. The van der Waals surface area contributed by atoms with E-state index in [0.717, 1.165) is 24.9 Å². The lowest BCUT2D eigenvalue weighted by Crippen LogP contribution is -2.44. The fourth-order valence-corrected chi connectivity index (χ4v) is 3.99. The molecule has 0 saturated carbocycles. The lowest BCUT2D eigenvalue weighted by molar-refractivity contribution is -0.117. The van der Waals surface area contributed by atoms with Crippen molar-refractivity contribution in [1.29, 1.82) is 0 Å². The molecule has 0 spiro atoms. The third-order valence-electron chi connectivity index (χ3n) is 5.63. The number of amides is 4. The fraction of sp³-hybridized carbons (Fsp3) is 0.375. The lowest BCUT2D eigenvalue weighted by Gasteiger charge is -2.32. The maximum Gasteiger partial charge on any atom is 0.312 e. The van der Waals surface area contributed by atoms with Crippen LogP contribution in [0.4, 0.5) is 10.5 Å². The summed E-state index contributed by atoms with van der Waals surface area (Å²) < 4.78 is 0. The number of rotatable bonds is 8. The number of primary amides is 1. The Bertz CT molecular complexity index is 934. The molecule has 32 heavy (non-hydrogen) atoms. The van der Waals surface area contributed by atoms with Gasteiger partial charge in [0.1, 0.15) is 0 Å². The van der Waals surface area contributed by atoms with Gasteiger partial charge >= 0.3 is 6.03 Å². The first-order valence-corrected chi connectivity index (χ1v) is 10.9. The summed E-state index contributed by atoms with van der Waals surface area (Å²) in [5.41, 5.74) is 7.07. The molecule has 1 aliphatic heterocycles. The lowest BCUT2D eigenvalue weighted by atomic mass is 9.98. The molecule has 1 fully saturated rings. The predicted molar refractivity (Wildman–Crippen MR) is 124 cm³/mol. The van der Waals surface area contributed by atoms with E-state index >= 15 is 0 Å². The van der Waals surface area contributed by atoms with E-state index < -0.39 is 6.03 Å². The Morgan fingerprint density at radius 3 is 2.56 bits per heavy atom. The van der Waals surface area contributed by atoms with Crippen LogP contribution >= 0.6 is 0 Å². The second-order valence-corrected chi connectivity index (χ2v) is 8.19. The largest absolute Gasteiger partial charge is 0.352 e. The Hall–Kier alpha value is -3.39. The maximum absolute atomic E-state index is 12.9. The van der Waals surface area contributed by atoms with E-state index in [1.807, 2.05) is 37.3 Å². The molecule has 3 rings (SSSR count). The number of urea groups is 1. The number of nitrogens with two attached hydrogens (primary N) is 1. The highest BCUT2D eigenvalue weighted by Crippen LogP contribution is 2.19. The van der Waals surface area contributed by atoms with Crippen LogP contribution in [0, 0.1) is 5.92 Å². The average molecular weight is 438 g/mol. The maximum atomic E-state index is 12.9. The number of benzene rings is 2. The molecule has 0 unspecified atom stereocenters. The van der Waals surface area contributed by atoms with Gasteiger partial charge in [-0.3, -0.25) is 14.5 Å². The van der Waals surface area contributed by atoms with E-state index in [1.165, 1.54) is 0 Å². The molecule has 0 bridgehead atoms. The molecule has 0 aliphatic carbocycles. The van der Waals surface area contributed by atoms with Crippen molar-refractivity contribution in [2.24, 2.45) is 11.7 Å². The van der Waals surface area contributed by atoms with Crippen molar-refractivity contribution in [2.45, 2.75) is 25.8 Å². The van der Waals surface area contributed by atoms with Crippen LogP contribution in [-0.2, 0) is 4.79 Å². The van der Waals surface area contributed by atoms with Gasteiger partial charge in [0.05, 0.1) is 23.8 Å². The minimum absolute atomic E-state index is 0.160. The molecule has 0 radical (unpaired) electrons. The second kappa shape index (κ2) is 11.3. The normalized spacial score (nSPS) is 17.2. The SMILES string of the molecule is C[C@H](NC(=O)c1ccccc1NC(=O)CN1CCC[C@H](CNC(N)=O)C1)c1ccccc1. The fourth-order valence-electron chi connectivity index (χ4n) is 3.99. The molecule has 4 amide bonds. The van der Waals surface area contributed by atoms with Gasteiger partial charge in [-0.15, -0.1) is 0 Å². The summed E-state index contributed by atoms with van der Waals surface area (Å²) in [6.45, 7) is 4.19. The summed E-state index contributed by atoms with van der Waals surface area (Å²) in [4.78, 5) is 38.6. The topological polar surface area (TPSA) is 117 Å². The molecule has 1 aliphatic rings. The van der Waals surface area contributed by atoms with Crippen LogP contribution in [0.3, 0.4) is 0 Å². The zero-order valence-corrected chi connectivity index (χ0v) is 18.3. The molecule has 170 valence electrons. The summed E-state index contributed by atoms with van der Waals surface area (Å²) in [7, 11) is 0. The van der Waals surface area contributed by atoms with E-state index in [0.29, 0.717) is 24.3 Å². The van der Waals surface area contributed by atoms with E-state index in [-0.39, 0.29) is 30.3 Å². The molecule has 5 N–H and O–H groups in total. The van der Waals surface area contributed by atoms with Crippen molar-refractivity contribution in [1.82, 2.24) is 15.5 Å². The van der Waals surface area contributed by atoms with Gasteiger partial charge in [0.25, 0.3) is 5.91 Å². The highest BCUT2D eigenvalue weighted by Gasteiger charge is 2.23. The average Bonchev–Trinajstić information content (AvgIpc) is 2.78. The van der Waals surface area contributed by atoms with Crippen molar-refractivity contribution < 1.29 is 14.4 Å². The van der Waals surface area contributed by atoms with Gasteiger partial charge < -0.3 is 21.7 Å². The van der Waals surface area contributed by atoms with Crippen molar-refractivity contribution >= 4 is 23.5 Å². The van der Waals surface area contributed by atoms with Gasteiger partial charge in [0.2, 0.25) is 5.91 Å². The van der Waals surface area contributed by atoms with Crippen molar-refractivity contribution in [3.05, 3.63) is 65.7 Å². The van der Waals surface area contributed by atoms with Gasteiger partial charge in [0.15, 0.2) is 0 Å². The van der Waals surface area contributed by atoms with Crippen LogP contribution in [0.15, 0.2) is 54.6 Å². The number of hydrogen-bond acceptors (Lipinski definition) is 4.